The van der Waals surface area contributed by atoms with Crippen LogP contribution in [0.25, 0.3) is 0 Å². The molecule has 0 aromatic heterocycles. The van der Waals surface area contributed by atoms with Gasteiger partial charge in [-0.25, -0.2) is 5.43 Å². The SMILES string of the molecule is O=C(CNC(=O)C1COc2ccccc2O1)N/N=C\c1ccccc1Cl. The molecule has 0 bridgehead atoms. The lowest BCUT2D eigenvalue weighted by atomic mass is 10.2. The second-order valence-electron chi connectivity index (χ2n) is 5.40. The Kier molecular flexibility index (Phi) is 5.70. The zero-order valence-electron chi connectivity index (χ0n) is 13.6. The van der Waals surface area contributed by atoms with E-state index in [0.29, 0.717) is 22.1 Å². The molecule has 0 saturated carbocycles. The van der Waals surface area contributed by atoms with Crippen molar-refractivity contribution in [2.24, 2.45) is 5.10 Å². The Hall–Kier alpha value is -3.06. The number of rotatable bonds is 5. The number of nitrogens with zero attached hydrogens (tertiary/aromatic N) is 1. The minimum absolute atomic E-state index is 0.0785. The van der Waals surface area contributed by atoms with Crippen molar-refractivity contribution in [2.45, 2.75) is 6.10 Å². The molecule has 2 N–H and O–H groups in total. The monoisotopic (exact) mass is 373 g/mol. The number of hydrogen-bond acceptors (Lipinski definition) is 5. The van der Waals surface area contributed by atoms with Gasteiger partial charge < -0.3 is 14.8 Å². The molecular weight excluding hydrogens is 358 g/mol. The van der Waals surface area contributed by atoms with Crippen LogP contribution >= 0.6 is 11.6 Å². The Morgan fingerprint density at radius 1 is 1.15 bits per heavy atom. The maximum absolute atomic E-state index is 12.1. The molecule has 1 unspecified atom stereocenters. The van der Waals surface area contributed by atoms with Gasteiger partial charge in [-0.3, -0.25) is 9.59 Å². The van der Waals surface area contributed by atoms with Crippen LogP contribution in [0.3, 0.4) is 0 Å². The molecule has 7 nitrogen and oxygen atoms in total. The number of amides is 2. The van der Waals surface area contributed by atoms with Crippen molar-refractivity contribution in [3.05, 3.63) is 59.1 Å². The number of benzene rings is 2. The van der Waals surface area contributed by atoms with Crippen molar-refractivity contribution in [3.8, 4) is 11.5 Å². The average Bonchev–Trinajstić information content (AvgIpc) is 2.67. The first-order chi connectivity index (χ1) is 12.6. The van der Waals surface area contributed by atoms with E-state index in [0.717, 1.165) is 0 Å². The standard InChI is InChI=1S/C18H16ClN3O4/c19-13-6-2-1-5-12(13)9-21-22-17(23)10-20-18(24)16-11-25-14-7-3-4-8-15(14)26-16/h1-9,16H,10-11H2,(H,20,24)(H,22,23)/b21-9-. The van der Waals surface area contributed by atoms with Crippen molar-refractivity contribution in [3.63, 3.8) is 0 Å². The van der Waals surface area contributed by atoms with Crippen LogP contribution in [0.4, 0.5) is 0 Å². The molecule has 1 aliphatic rings. The lowest BCUT2D eigenvalue weighted by Crippen LogP contribution is -2.46. The maximum Gasteiger partial charge on any atom is 0.265 e. The van der Waals surface area contributed by atoms with Crippen LogP contribution in [0.5, 0.6) is 11.5 Å². The van der Waals surface area contributed by atoms with Crippen molar-refractivity contribution in [1.82, 2.24) is 10.7 Å². The molecule has 1 atom stereocenters. The number of ether oxygens (including phenoxy) is 2. The third-order valence-corrected chi connectivity index (χ3v) is 3.87. The maximum atomic E-state index is 12.1. The summed E-state index contributed by atoms with van der Waals surface area (Å²) in [4.78, 5) is 23.9. The zero-order chi connectivity index (χ0) is 18.4. The van der Waals surface area contributed by atoms with E-state index in [9.17, 15) is 9.59 Å². The van der Waals surface area contributed by atoms with E-state index in [-0.39, 0.29) is 13.2 Å². The van der Waals surface area contributed by atoms with Gasteiger partial charge in [0.1, 0.15) is 6.61 Å². The summed E-state index contributed by atoms with van der Waals surface area (Å²) in [6.45, 7) is -0.157. The van der Waals surface area contributed by atoms with E-state index in [4.69, 9.17) is 21.1 Å². The molecule has 0 spiro atoms. The second-order valence-corrected chi connectivity index (χ2v) is 5.80. The molecule has 0 radical (unpaired) electrons. The van der Waals surface area contributed by atoms with Crippen LogP contribution in [0, 0.1) is 0 Å². The molecular formula is C18H16ClN3O4. The number of carbonyl (C=O) groups excluding carboxylic acids is 2. The van der Waals surface area contributed by atoms with Gasteiger partial charge in [-0.15, -0.1) is 0 Å². The van der Waals surface area contributed by atoms with Crippen LogP contribution in [0.15, 0.2) is 53.6 Å². The van der Waals surface area contributed by atoms with Gasteiger partial charge in [0, 0.05) is 10.6 Å². The fraction of sp³-hybridized carbons (Fsp3) is 0.167. The number of para-hydroxylation sites is 2. The summed E-state index contributed by atoms with van der Waals surface area (Å²) in [5, 5.41) is 6.82. The highest BCUT2D eigenvalue weighted by molar-refractivity contribution is 6.33. The van der Waals surface area contributed by atoms with E-state index in [2.05, 4.69) is 15.8 Å². The first kappa shape index (κ1) is 17.8. The molecule has 0 saturated heterocycles. The van der Waals surface area contributed by atoms with Crippen LogP contribution < -0.4 is 20.2 Å². The number of carbonyl (C=O) groups is 2. The predicted octanol–water partition coefficient (Wildman–Crippen LogP) is 1.75. The molecule has 2 aromatic carbocycles. The summed E-state index contributed by atoms with van der Waals surface area (Å²) in [7, 11) is 0. The number of hydrazone groups is 1. The third kappa shape index (κ3) is 4.52. The summed E-state index contributed by atoms with van der Waals surface area (Å²) in [5.74, 6) is 0.166. The van der Waals surface area contributed by atoms with Crippen LogP contribution in [0.2, 0.25) is 5.02 Å². The highest BCUT2D eigenvalue weighted by Crippen LogP contribution is 2.30. The minimum Gasteiger partial charge on any atom is -0.485 e. The molecule has 8 heteroatoms. The van der Waals surface area contributed by atoms with E-state index >= 15 is 0 Å². The summed E-state index contributed by atoms with van der Waals surface area (Å²) < 4.78 is 11.0. The Labute approximate surface area is 154 Å². The van der Waals surface area contributed by atoms with Crippen LogP contribution in [-0.2, 0) is 9.59 Å². The Morgan fingerprint density at radius 3 is 2.69 bits per heavy atom. The van der Waals surface area contributed by atoms with E-state index in [1.807, 2.05) is 6.07 Å². The summed E-state index contributed by atoms with van der Waals surface area (Å²) in [5.41, 5.74) is 2.99. The summed E-state index contributed by atoms with van der Waals surface area (Å²) >= 11 is 5.98. The van der Waals surface area contributed by atoms with Crippen molar-refractivity contribution < 1.29 is 19.1 Å². The van der Waals surface area contributed by atoms with E-state index < -0.39 is 17.9 Å². The Bertz CT molecular complexity index is 841. The number of hydrogen-bond donors (Lipinski definition) is 2. The van der Waals surface area contributed by atoms with Gasteiger partial charge in [-0.2, -0.15) is 5.10 Å². The largest absolute Gasteiger partial charge is 0.485 e. The molecule has 3 rings (SSSR count). The van der Waals surface area contributed by atoms with Crippen molar-refractivity contribution >= 4 is 29.6 Å². The molecule has 2 aromatic rings. The summed E-state index contributed by atoms with van der Waals surface area (Å²) in [6, 6.07) is 14.2. The van der Waals surface area contributed by atoms with Crippen molar-refractivity contribution in [1.29, 1.82) is 0 Å². The third-order valence-electron chi connectivity index (χ3n) is 3.52. The molecule has 0 aliphatic carbocycles. The minimum atomic E-state index is -0.815. The Morgan fingerprint density at radius 2 is 1.88 bits per heavy atom. The first-order valence-corrected chi connectivity index (χ1v) is 8.24. The topological polar surface area (TPSA) is 89.0 Å². The summed E-state index contributed by atoms with van der Waals surface area (Å²) in [6.07, 6.45) is 0.612. The smallest absolute Gasteiger partial charge is 0.265 e. The van der Waals surface area contributed by atoms with Gasteiger partial charge in [0.05, 0.1) is 12.8 Å². The predicted molar refractivity (Wildman–Crippen MR) is 96.6 cm³/mol. The quantitative estimate of drug-likeness (QED) is 0.617. The number of nitrogens with one attached hydrogen (secondary N) is 2. The molecule has 1 aliphatic heterocycles. The highest BCUT2D eigenvalue weighted by atomic mass is 35.5. The van der Waals surface area contributed by atoms with Gasteiger partial charge in [0.25, 0.3) is 11.8 Å². The first-order valence-electron chi connectivity index (χ1n) is 7.86. The molecule has 26 heavy (non-hydrogen) atoms. The van der Waals surface area contributed by atoms with E-state index in [1.54, 1.807) is 42.5 Å². The molecule has 0 fully saturated rings. The van der Waals surface area contributed by atoms with Gasteiger partial charge >= 0.3 is 0 Å². The second kappa shape index (κ2) is 8.35. The fourth-order valence-electron chi connectivity index (χ4n) is 2.22. The van der Waals surface area contributed by atoms with Gasteiger partial charge in [0.15, 0.2) is 11.5 Å². The lowest BCUT2D eigenvalue weighted by Gasteiger charge is -2.25. The van der Waals surface area contributed by atoms with Crippen molar-refractivity contribution in [2.75, 3.05) is 13.2 Å². The average molecular weight is 374 g/mol. The number of fused-ring (bicyclic) bond motifs is 1. The van der Waals surface area contributed by atoms with E-state index in [1.165, 1.54) is 6.21 Å². The fourth-order valence-corrected chi connectivity index (χ4v) is 2.41. The Balaban J connectivity index is 1.45. The zero-order valence-corrected chi connectivity index (χ0v) is 14.4. The molecule has 2 amide bonds. The van der Waals surface area contributed by atoms with Gasteiger partial charge in [0.2, 0.25) is 6.10 Å². The highest BCUT2D eigenvalue weighted by Gasteiger charge is 2.27. The molecule has 1 heterocycles. The lowest BCUT2D eigenvalue weighted by molar-refractivity contribution is -0.132. The van der Waals surface area contributed by atoms with Gasteiger partial charge in [-0.1, -0.05) is 41.9 Å². The van der Waals surface area contributed by atoms with Crippen LogP contribution in [0.1, 0.15) is 5.56 Å². The normalized spacial score (nSPS) is 15.5. The molecule has 134 valence electrons. The number of halogens is 1. The van der Waals surface area contributed by atoms with Crippen LogP contribution in [-0.4, -0.2) is 37.3 Å². The van der Waals surface area contributed by atoms with Gasteiger partial charge in [-0.05, 0) is 18.2 Å².